The number of para-hydroxylation sites is 1. The average molecular weight is 349 g/mol. The Morgan fingerprint density at radius 3 is 2.58 bits per heavy atom. The highest BCUT2D eigenvalue weighted by molar-refractivity contribution is 6.15. The normalized spacial score (nSPS) is 22.2. The summed E-state index contributed by atoms with van der Waals surface area (Å²) in [4.78, 5) is 34.4. The maximum absolute atomic E-state index is 13.0. The van der Waals surface area contributed by atoms with Crippen molar-refractivity contribution in [2.24, 2.45) is 17.6 Å². The summed E-state index contributed by atoms with van der Waals surface area (Å²) in [6.07, 6.45) is 0. The van der Waals surface area contributed by atoms with Gasteiger partial charge in [-0.1, -0.05) is 18.2 Å². The summed E-state index contributed by atoms with van der Waals surface area (Å²) in [6.45, 7) is 3.37. The number of carbonyl (C=O) groups is 2. The molecule has 4 heterocycles. The van der Waals surface area contributed by atoms with Crippen molar-refractivity contribution in [1.29, 1.82) is 0 Å². The molecule has 0 unspecified atom stereocenters. The Morgan fingerprint density at radius 1 is 1.12 bits per heavy atom. The molecule has 0 radical (unpaired) electrons. The Bertz CT molecular complexity index is 1040. The van der Waals surface area contributed by atoms with Gasteiger partial charge in [0.15, 0.2) is 5.69 Å². The molecule has 4 N–H and O–H groups in total. The fourth-order valence-corrected chi connectivity index (χ4v) is 4.32. The average Bonchev–Trinajstić information content (AvgIpc) is 3.32. The maximum atomic E-state index is 13.0. The minimum absolute atomic E-state index is 0.114. The molecule has 2 aliphatic rings. The van der Waals surface area contributed by atoms with Crippen molar-refractivity contribution < 1.29 is 9.59 Å². The molecule has 2 aromatic heterocycles. The molecule has 7 nitrogen and oxygen atoms in total. The number of fused-ring (bicyclic) bond motifs is 4. The lowest BCUT2D eigenvalue weighted by atomic mass is 10.0. The lowest BCUT2D eigenvalue weighted by Gasteiger charge is -2.17. The summed E-state index contributed by atoms with van der Waals surface area (Å²) < 4.78 is 0. The summed E-state index contributed by atoms with van der Waals surface area (Å²) in [7, 11) is 0. The zero-order valence-electron chi connectivity index (χ0n) is 14.2. The van der Waals surface area contributed by atoms with E-state index in [9.17, 15) is 9.59 Å². The number of carbonyl (C=O) groups excluding carboxylic acids is 2. The zero-order valence-corrected chi connectivity index (χ0v) is 14.2. The van der Waals surface area contributed by atoms with Gasteiger partial charge >= 0.3 is 0 Å². The minimum atomic E-state index is -0.640. The Hall–Kier alpha value is -2.93. The van der Waals surface area contributed by atoms with E-state index in [0.29, 0.717) is 17.4 Å². The van der Waals surface area contributed by atoms with Crippen LogP contribution in [0.1, 0.15) is 21.0 Å². The lowest BCUT2D eigenvalue weighted by Crippen LogP contribution is -2.32. The van der Waals surface area contributed by atoms with Gasteiger partial charge in [0.25, 0.3) is 11.8 Å². The topological polar surface area (TPSA) is 104 Å². The molecule has 0 aliphatic carbocycles. The monoisotopic (exact) mass is 349 g/mol. The molecule has 1 aromatic carbocycles. The number of aromatic nitrogens is 2. The molecule has 2 saturated heterocycles. The van der Waals surface area contributed by atoms with Crippen molar-refractivity contribution in [1.82, 2.24) is 20.2 Å². The van der Waals surface area contributed by atoms with E-state index in [-0.39, 0.29) is 17.3 Å². The molecule has 0 bridgehead atoms. The van der Waals surface area contributed by atoms with E-state index >= 15 is 0 Å². The number of hydrogen-bond acceptors (Lipinski definition) is 4. The number of hydrogen-bond donors (Lipinski definition) is 3. The van der Waals surface area contributed by atoms with Gasteiger partial charge < -0.3 is 20.9 Å². The van der Waals surface area contributed by atoms with Crippen LogP contribution in [-0.2, 0) is 0 Å². The van der Waals surface area contributed by atoms with E-state index in [0.717, 1.165) is 42.5 Å². The Kier molecular flexibility index (Phi) is 3.27. The highest BCUT2D eigenvalue weighted by Crippen LogP contribution is 2.30. The van der Waals surface area contributed by atoms with Gasteiger partial charge in [-0.15, -0.1) is 0 Å². The van der Waals surface area contributed by atoms with Crippen molar-refractivity contribution in [3.8, 4) is 0 Å². The van der Waals surface area contributed by atoms with Crippen LogP contribution in [-0.4, -0.2) is 52.9 Å². The number of rotatable bonds is 2. The molecule has 2 fully saturated rings. The number of nitrogens with two attached hydrogens (primary N) is 1. The number of primary amides is 1. The second-order valence-electron chi connectivity index (χ2n) is 7.20. The first-order valence-electron chi connectivity index (χ1n) is 8.83. The summed E-state index contributed by atoms with van der Waals surface area (Å²) in [6, 6.07) is 9.50. The molecule has 26 heavy (non-hydrogen) atoms. The highest BCUT2D eigenvalue weighted by atomic mass is 16.2. The van der Waals surface area contributed by atoms with Gasteiger partial charge in [0.05, 0.1) is 5.52 Å². The third-order valence-corrected chi connectivity index (χ3v) is 5.63. The number of nitrogens with zero attached hydrogens (tertiary/aromatic N) is 2. The minimum Gasteiger partial charge on any atom is -0.364 e. The Labute approximate surface area is 149 Å². The van der Waals surface area contributed by atoms with E-state index in [1.54, 1.807) is 6.07 Å². The van der Waals surface area contributed by atoms with Crippen molar-refractivity contribution in [3.63, 3.8) is 0 Å². The number of aromatic amines is 1. The Morgan fingerprint density at radius 2 is 1.85 bits per heavy atom. The number of likely N-dealkylation sites (tertiary alicyclic amines) is 1. The summed E-state index contributed by atoms with van der Waals surface area (Å²) in [5, 5.41) is 5.12. The highest BCUT2D eigenvalue weighted by Gasteiger charge is 2.38. The third kappa shape index (κ3) is 2.20. The molecule has 2 atom stereocenters. The van der Waals surface area contributed by atoms with E-state index in [2.05, 4.69) is 15.3 Å². The first kappa shape index (κ1) is 15.3. The fraction of sp³-hybridized carbons (Fsp3) is 0.316. The van der Waals surface area contributed by atoms with Gasteiger partial charge in [-0.2, -0.15) is 0 Å². The first-order chi connectivity index (χ1) is 12.6. The van der Waals surface area contributed by atoms with Crippen LogP contribution in [0, 0.1) is 11.8 Å². The van der Waals surface area contributed by atoms with Gasteiger partial charge in [-0.05, 0) is 24.0 Å². The standard InChI is InChI=1S/C19H19N5O2/c20-18(25)17-16-13(12-3-1-2-4-14(12)22-16)5-15(23-17)19(26)24-8-10-6-21-7-11(10)9-24/h1-5,10-11,21-22H,6-9H2,(H2,20,25)/t10-,11+. The van der Waals surface area contributed by atoms with Crippen LogP contribution in [0.25, 0.3) is 21.8 Å². The fourth-order valence-electron chi connectivity index (χ4n) is 4.32. The van der Waals surface area contributed by atoms with Crippen LogP contribution in [0.15, 0.2) is 30.3 Å². The van der Waals surface area contributed by atoms with Crippen molar-refractivity contribution >= 4 is 33.6 Å². The quantitative estimate of drug-likeness (QED) is 0.644. The van der Waals surface area contributed by atoms with Crippen LogP contribution >= 0.6 is 0 Å². The van der Waals surface area contributed by atoms with Crippen LogP contribution < -0.4 is 11.1 Å². The van der Waals surface area contributed by atoms with Gasteiger partial charge in [0.1, 0.15) is 5.69 Å². The molecular weight excluding hydrogens is 330 g/mol. The molecule has 5 rings (SSSR count). The SMILES string of the molecule is NC(=O)c1nc(C(=O)N2C[C@H]3CNC[C@H]3C2)cc2c1[nH]c1ccccc12. The van der Waals surface area contributed by atoms with Crippen LogP contribution in [0.4, 0.5) is 0 Å². The second kappa shape index (κ2) is 5.54. The first-order valence-corrected chi connectivity index (χ1v) is 8.83. The number of benzene rings is 1. The van der Waals surface area contributed by atoms with Crippen LogP contribution in [0.2, 0.25) is 0 Å². The van der Waals surface area contributed by atoms with Gasteiger partial charge in [0.2, 0.25) is 0 Å². The summed E-state index contributed by atoms with van der Waals surface area (Å²) >= 11 is 0. The van der Waals surface area contributed by atoms with E-state index < -0.39 is 5.91 Å². The van der Waals surface area contributed by atoms with Crippen LogP contribution in [0.5, 0.6) is 0 Å². The molecule has 132 valence electrons. The van der Waals surface area contributed by atoms with E-state index in [1.807, 2.05) is 29.2 Å². The number of nitrogens with one attached hydrogen (secondary N) is 2. The zero-order chi connectivity index (χ0) is 17.8. The molecule has 3 aromatic rings. The van der Waals surface area contributed by atoms with Gasteiger partial charge in [-0.3, -0.25) is 9.59 Å². The maximum Gasteiger partial charge on any atom is 0.272 e. The molecule has 0 saturated carbocycles. The number of pyridine rings is 1. The van der Waals surface area contributed by atoms with E-state index in [4.69, 9.17) is 5.73 Å². The molecular formula is C19H19N5O2. The van der Waals surface area contributed by atoms with Crippen molar-refractivity contribution in [2.45, 2.75) is 0 Å². The predicted molar refractivity (Wildman–Crippen MR) is 97.9 cm³/mol. The van der Waals surface area contributed by atoms with Crippen molar-refractivity contribution in [2.75, 3.05) is 26.2 Å². The number of amides is 2. The molecule has 2 amide bonds. The lowest BCUT2D eigenvalue weighted by molar-refractivity contribution is 0.0776. The third-order valence-electron chi connectivity index (χ3n) is 5.63. The largest absolute Gasteiger partial charge is 0.364 e. The van der Waals surface area contributed by atoms with Gasteiger partial charge in [0, 0.05) is 42.5 Å². The smallest absolute Gasteiger partial charge is 0.272 e. The summed E-state index contributed by atoms with van der Waals surface area (Å²) in [5.41, 5.74) is 7.41. The molecule has 7 heteroatoms. The van der Waals surface area contributed by atoms with E-state index in [1.165, 1.54) is 0 Å². The second-order valence-corrected chi connectivity index (χ2v) is 7.20. The van der Waals surface area contributed by atoms with Crippen molar-refractivity contribution in [3.05, 3.63) is 41.7 Å². The summed E-state index contributed by atoms with van der Waals surface area (Å²) in [5.74, 6) is 0.241. The Balaban J connectivity index is 1.62. The molecule has 0 spiro atoms. The number of H-pyrrole nitrogens is 1. The van der Waals surface area contributed by atoms with Gasteiger partial charge in [-0.25, -0.2) is 4.98 Å². The predicted octanol–water partition coefficient (Wildman–Crippen LogP) is 1.11. The van der Waals surface area contributed by atoms with Crippen LogP contribution in [0.3, 0.4) is 0 Å². The molecule has 2 aliphatic heterocycles.